The number of amides is 3. The maximum atomic E-state index is 13.4. The standard InChI is InChI=1S/C24H36N4O6/c1-14(23(33)34)10-20(30)16(25)11-24(3,4)12-21(31)27-13-19(22(32)26-5)28(15(2)29)18-9-7-6-8-17(18)27/h6-9,14,16,19-20,30H,10-13,25H2,1-5H3,(H,26,32)(H,33,34)/t14-,16+,19-,20+/m1/s1. The molecule has 0 unspecified atom stereocenters. The Bertz CT molecular complexity index is 934. The zero-order chi connectivity index (χ0) is 25.8. The van der Waals surface area contributed by atoms with Gasteiger partial charge in [-0.05, 0) is 30.4 Å². The Hall–Kier alpha value is -2.98. The van der Waals surface area contributed by atoms with Gasteiger partial charge in [0, 0.05) is 26.4 Å². The fourth-order valence-corrected chi connectivity index (χ4v) is 4.40. The Balaban J connectivity index is 2.23. The number of hydrogen-bond donors (Lipinski definition) is 4. The Kier molecular flexibility index (Phi) is 8.79. The Morgan fingerprint density at radius 2 is 1.79 bits per heavy atom. The van der Waals surface area contributed by atoms with Crippen LogP contribution in [0.25, 0.3) is 0 Å². The van der Waals surface area contributed by atoms with Gasteiger partial charge in [0.2, 0.25) is 17.7 Å². The first kappa shape index (κ1) is 27.3. The number of nitrogens with zero attached hydrogens (tertiary/aromatic N) is 2. The molecular weight excluding hydrogens is 440 g/mol. The zero-order valence-electron chi connectivity index (χ0n) is 20.4. The molecule has 0 bridgehead atoms. The molecule has 34 heavy (non-hydrogen) atoms. The number of carboxylic acid groups (broad SMARTS) is 1. The van der Waals surface area contributed by atoms with Gasteiger partial charge in [0.1, 0.15) is 6.04 Å². The van der Waals surface area contributed by atoms with Crippen LogP contribution in [0.15, 0.2) is 24.3 Å². The van der Waals surface area contributed by atoms with Gasteiger partial charge in [0.25, 0.3) is 0 Å². The van der Waals surface area contributed by atoms with Crippen LogP contribution in [0.5, 0.6) is 0 Å². The van der Waals surface area contributed by atoms with Gasteiger partial charge in [-0.25, -0.2) is 0 Å². The van der Waals surface area contributed by atoms with Crippen molar-refractivity contribution in [3.05, 3.63) is 24.3 Å². The van der Waals surface area contributed by atoms with Gasteiger partial charge in [-0.3, -0.25) is 24.1 Å². The summed E-state index contributed by atoms with van der Waals surface area (Å²) in [4.78, 5) is 52.4. The number of likely N-dealkylation sites (N-methyl/N-ethyl adjacent to an activating group) is 1. The fourth-order valence-electron chi connectivity index (χ4n) is 4.40. The Morgan fingerprint density at radius 1 is 1.21 bits per heavy atom. The van der Waals surface area contributed by atoms with Crippen molar-refractivity contribution in [2.75, 3.05) is 23.4 Å². The van der Waals surface area contributed by atoms with E-state index in [9.17, 15) is 24.3 Å². The number of benzene rings is 1. The maximum absolute atomic E-state index is 13.4. The molecule has 3 amide bonds. The van der Waals surface area contributed by atoms with Crippen molar-refractivity contribution >= 4 is 35.1 Å². The predicted molar refractivity (Wildman–Crippen MR) is 128 cm³/mol. The Morgan fingerprint density at radius 3 is 2.32 bits per heavy atom. The highest BCUT2D eigenvalue weighted by atomic mass is 16.4. The van der Waals surface area contributed by atoms with Crippen molar-refractivity contribution in [1.29, 1.82) is 0 Å². The van der Waals surface area contributed by atoms with E-state index < -0.39 is 35.5 Å². The number of carbonyl (C=O) groups excluding carboxylic acids is 3. The summed E-state index contributed by atoms with van der Waals surface area (Å²) in [5, 5.41) is 22.0. The third kappa shape index (κ3) is 6.32. The van der Waals surface area contributed by atoms with Crippen LogP contribution in [-0.2, 0) is 19.2 Å². The minimum absolute atomic E-state index is 0.00991. The summed E-state index contributed by atoms with van der Waals surface area (Å²) in [6, 6.07) is 5.37. The number of aliphatic hydroxyl groups is 1. The molecule has 188 valence electrons. The molecule has 10 heteroatoms. The van der Waals surface area contributed by atoms with E-state index in [1.165, 1.54) is 30.7 Å². The van der Waals surface area contributed by atoms with E-state index in [0.29, 0.717) is 17.8 Å². The second-order valence-electron chi connectivity index (χ2n) is 9.76. The molecular formula is C24H36N4O6. The highest BCUT2D eigenvalue weighted by Gasteiger charge is 2.40. The second kappa shape index (κ2) is 11.0. The average Bonchev–Trinajstić information content (AvgIpc) is 2.76. The van der Waals surface area contributed by atoms with Crippen molar-refractivity contribution < 1.29 is 29.4 Å². The molecule has 1 aromatic rings. The number of rotatable bonds is 9. The summed E-state index contributed by atoms with van der Waals surface area (Å²) < 4.78 is 0. The summed E-state index contributed by atoms with van der Waals surface area (Å²) in [5.41, 5.74) is 6.56. The number of para-hydroxylation sites is 2. The van der Waals surface area contributed by atoms with Gasteiger partial charge in [0.05, 0.1) is 29.9 Å². The normalized spacial score (nSPS) is 18.5. The molecule has 0 spiro atoms. The molecule has 0 radical (unpaired) electrons. The van der Waals surface area contributed by atoms with E-state index >= 15 is 0 Å². The first-order chi connectivity index (χ1) is 15.8. The van der Waals surface area contributed by atoms with E-state index in [2.05, 4.69) is 5.32 Å². The third-order valence-corrected chi connectivity index (χ3v) is 6.22. The summed E-state index contributed by atoms with van der Waals surface area (Å²) in [6.07, 6.45) is -0.621. The first-order valence-corrected chi connectivity index (χ1v) is 11.4. The zero-order valence-corrected chi connectivity index (χ0v) is 20.4. The van der Waals surface area contributed by atoms with Crippen molar-refractivity contribution in [3.63, 3.8) is 0 Å². The molecule has 0 fully saturated rings. The number of aliphatic hydroxyl groups excluding tert-OH is 1. The van der Waals surface area contributed by atoms with Crippen LogP contribution in [0.1, 0.15) is 47.0 Å². The largest absolute Gasteiger partial charge is 0.481 e. The van der Waals surface area contributed by atoms with E-state index in [0.717, 1.165) is 0 Å². The number of fused-ring (bicyclic) bond motifs is 1. The molecule has 0 saturated heterocycles. The van der Waals surface area contributed by atoms with Gasteiger partial charge < -0.3 is 26.2 Å². The van der Waals surface area contributed by atoms with Crippen molar-refractivity contribution in [2.24, 2.45) is 17.1 Å². The fraction of sp³-hybridized carbons (Fsp3) is 0.583. The molecule has 0 aliphatic carbocycles. The predicted octanol–water partition coefficient (Wildman–Crippen LogP) is 1.11. The van der Waals surface area contributed by atoms with Gasteiger partial charge in [0.15, 0.2) is 0 Å². The number of hydrogen-bond acceptors (Lipinski definition) is 6. The number of aliphatic carboxylic acids is 1. The second-order valence-corrected chi connectivity index (χ2v) is 9.76. The van der Waals surface area contributed by atoms with Gasteiger partial charge >= 0.3 is 5.97 Å². The van der Waals surface area contributed by atoms with Gasteiger partial charge in [-0.1, -0.05) is 32.9 Å². The first-order valence-electron chi connectivity index (χ1n) is 11.4. The van der Waals surface area contributed by atoms with Crippen LogP contribution in [-0.4, -0.2) is 65.7 Å². The number of carbonyl (C=O) groups is 4. The van der Waals surface area contributed by atoms with E-state index in [4.69, 9.17) is 10.8 Å². The topological polar surface area (TPSA) is 153 Å². The lowest BCUT2D eigenvalue weighted by atomic mass is 9.80. The molecule has 4 atom stereocenters. The lowest BCUT2D eigenvalue weighted by Gasteiger charge is -2.42. The molecule has 1 aromatic carbocycles. The average molecular weight is 477 g/mol. The highest BCUT2D eigenvalue weighted by molar-refractivity contribution is 6.08. The van der Waals surface area contributed by atoms with Crippen molar-refractivity contribution in [3.8, 4) is 0 Å². The third-order valence-electron chi connectivity index (χ3n) is 6.22. The van der Waals surface area contributed by atoms with E-state index in [-0.39, 0.29) is 37.1 Å². The highest BCUT2D eigenvalue weighted by Crippen LogP contribution is 2.38. The van der Waals surface area contributed by atoms with Crippen LogP contribution < -0.4 is 20.9 Å². The van der Waals surface area contributed by atoms with E-state index in [1.807, 2.05) is 13.8 Å². The molecule has 1 aliphatic rings. The monoisotopic (exact) mass is 476 g/mol. The molecule has 2 rings (SSSR count). The minimum atomic E-state index is -1.02. The summed E-state index contributed by atoms with van der Waals surface area (Å²) >= 11 is 0. The number of nitrogens with two attached hydrogens (primary N) is 1. The summed E-state index contributed by atoms with van der Waals surface area (Å²) in [6.45, 7) is 6.60. The van der Waals surface area contributed by atoms with E-state index in [1.54, 1.807) is 24.3 Å². The molecule has 10 nitrogen and oxygen atoms in total. The van der Waals surface area contributed by atoms with Crippen molar-refractivity contribution in [2.45, 2.75) is 65.1 Å². The molecule has 0 saturated carbocycles. The SMILES string of the molecule is CNC(=O)[C@H]1CN(C(=O)CC(C)(C)C[C@H](N)[C@@H](O)C[C@@H](C)C(=O)O)c2ccccc2N1C(C)=O. The van der Waals surface area contributed by atoms with Gasteiger partial charge in [-0.15, -0.1) is 0 Å². The molecule has 1 heterocycles. The number of carboxylic acids is 1. The summed E-state index contributed by atoms with van der Waals surface area (Å²) in [5.74, 6) is -2.66. The minimum Gasteiger partial charge on any atom is -0.481 e. The Labute approximate surface area is 200 Å². The van der Waals surface area contributed by atoms with Crippen LogP contribution in [0.4, 0.5) is 11.4 Å². The van der Waals surface area contributed by atoms with Gasteiger partial charge in [-0.2, -0.15) is 0 Å². The molecule has 5 N–H and O–H groups in total. The molecule has 1 aliphatic heterocycles. The number of anilines is 2. The van der Waals surface area contributed by atoms with Crippen LogP contribution in [0, 0.1) is 11.3 Å². The van der Waals surface area contributed by atoms with Crippen LogP contribution in [0.2, 0.25) is 0 Å². The maximum Gasteiger partial charge on any atom is 0.306 e. The van der Waals surface area contributed by atoms with Crippen LogP contribution >= 0.6 is 0 Å². The quantitative estimate of drug-likeness (QED) is 0.416. The smallest absolute Gasteiger partial charge is 0.306 e. The number of nitrogens with one attached hydrogen (secondary N) is 1. The van der Waals surface area contributed by atoms with Crippen LogP contribution in [0.3, 0.4) is 0 Å². The molecule has 0 aromatic heterocycles. The summed E-state index contributed by atoms with van der Waals surface area (Å²) in [7, 11) is 1.48. The lowest BCUT2D eigenvalue weighted by Crippen LogP contribution is -2.58. The van der Waals surface area contributed by atoms with Crippen molar-refractivity contribution in [1.82, 2.24) is 5.32 Å². The lowest BCUT2D eigenvalue weighted by molar-refractivity contribution is -0.142.